The number of aromatic nitrogens is 1. The van der Waals surface area contributed by atoms with Crippen LogP contribution in [0.4, 0.5) is 20.2 Å². The zero-order chi connectivity index (χ0) is 30.2. The quantitative estimate of drug-likeness (QED) is 0.114. The van der Waals surface area contributed by atoms with E-state index in [0.717, 1.165) is 6.07 Å². The van der Waals surface area contributed by atoms with Gasteiger partial charge in [-0.3, -0.25) is 14.6 Å². The summed E-state index contributed by atoms with van der Waals surface area (Å²) in [6, 6.07) is 14.0. The van der Waals surface area contributed by atoms with Gasteiger partial charge in [0.15, 0.2) is 23.1 Å². The highest BCUT2D eigenvalue weighted by Gasteiger charge is 2.20. The van der Waals surface area contributed by atoms with E-state index >= 15 is 4.39 Å². The van der Waals surface area contributed by atoms with E-state index in [4.69, 9.17) is 14.2 Å². The number of carbonyl (C=O) groups is 2. The molecule has 3 aromatic carbocycles. The van der Waals surface area contributed by atoms with Crippen molar-refractivity contribution in [3.05, 3.63) is 90.3 Å². The summed E-state index contributed by atoms with van der Waals surface area (Å²) in [5.41, 5.74) is 0.698. The van der Waals surface area contributed by atoms with Gasteiger partial charge in [0.25, 0.3) is 11.8 Å². The molecule has 218 valence electrons. The Kier molecular flexibility index (Phi) is 9.53. The number of anilines is 2. The molecule has 0 unspecified atom stereocenters. The summed E-state index contributed by atoms with van der Waals surface area (Å²) < 4.78 is 44.9. The predicted octanol–water partition coefficient (Wildman–Crippen LogP) is 6.03. The van der Waals surface area contributed by atoms with Gasteiger partial charge in [-0.2, -0.15) is 0 Å². The number of ether oxygens (including phenoxy) is 3. The Balaban J connectivity index is 1.53. The minimum Gasteiger partial charge on any atom is -0.493 e. The Hall–Kier alpha value is -5.19. The van der Waals surface area contributed by atoms with Crippen LogP contribution in [0.1, 0.15) is 13.8 Å². The third kappa shape index (κ3) is 7.30. The summed E-state index contributed by atoms with van der Waals surface area (Å²) in [6.07, 6.45) is 2.81. The first kappa shape index (κ1) is 29.8. The molecule has 4 rings (SSSR count). The summed E-state index contributed by atoms with van der Waals surface area (Å²) in [5, 5.41) is 8.62. The molecule has 2 amide bonds. The van der Waals surface area contributed by atoms with Crippen LogP contribution in [0.15, 0.2) is 78.6 Å². The number of benzene rings is 3. The Labute approximate surface area is 241 Å². The van der Waals surface area contributed by atoms with E-state index < -0.39 is 23.4 Å². The summed E-state index contributed by atoms with van der Waals surface area (Å²) in [6.45, 7) is 4.44. The van der Waals surface area contributed by atoms with Gasteiger partial charge in [0.05, 0.1) is 19.7 Å². The second-order valence-electron chi connectivity index (χ2n) is 9.56. The molecule has 0 aliphatic heterocycles. The maximum atomic E-state index is 15.1. The van der Waals surface area contributed by atoms with Crippen LogP contribution in [-0.4, -0.2) is 37.6 Å². The highest BCUT2D eigenvalue weighted by atomic mass is 19.1. The molecule has 0 bridgehead atoms. The van der Waals surface area contributed by atoms with Crippen LogP contribution >= 0.6 is 0 Å². The number of hydrogen-bond acceptors (Lipinski definition) is 7. The Morgan fingerprint density at radius 1 is 0.833 bits per heavy atom. The van der Waals surface area contributed by atoms with E-state index in [1.54, 1.807) is 18.2 Å². The molecule has 11 heteroatoms. The molecule has 0 spiro atoms. The standard InChI is InChI=1S/C31H30F2N4O5/c1-18(2)16-34-17-23(30(38)36-20-7-5-19(32)6-8-20)31(39)37-21-9-10-27(24(33)13-21)42-26-11-12-35-25-15-29(41-4)28(40-3)14-22(25)26/h5-15,17-18,34H,16H2,1-4H3,(H,36,38)(H,37,39)/b23-17+. The molecule has 4 aromatic rings. The number of nitrogens with one attached hydrogen (secondary N) is 3. The van der Waals surface area contributed by atoms with E-state index in [1.807, 2.05) is 13.8 Å². The summed E-state index contributed by atoms with van der Waals surface area (Å²) in [5.74, 6) is -1.31. The number of rotatable bonds is 11. The lowest BCUT2D eigenvalue weighted by molar-refractivity contribution is -0.118. The molecule has 9 nitrogen and oxygen atoms in total. The van der Waals surface area contributed by atoms with Gasteiger partial charge in [-0.1, -0.05) is 13.8 Å². The van der Waals surface area contributed by atoms with E-state index in [0.29, 0.717) is 40.4 Å². The van der Waals surface area contributed by atoms with Crippen molar-refractivity contribution in [2.75, 3.05) is 31.4 Å². The van der Waals surface area contributed by atoms with Crippen LogP contribution < -0.4 is 30.2 Å². The first-order valence-corrected chi connectivity index (χ1v) is 13.0. The number of halogens is 2. The van der Waals surface area contributed by atoms with Crippen molar-refractivity contribution in [1.82, 2.24) is 10.3 Å². The molecular weight excluding hydrogens is 546 g/mol. The molecule has 1 aromatic heterocycles. The number of hydrogen-bond donors (Lipinski definition) is 3. The number of methoxy groups -OCH3 is 2. The topological polar surface area (TPSA) is 111 Å². The number of pyridine rings is 1. The number of fused-ring (bicyclic) bond motifs is 1. The van der Waals surface area contributed by atoms with Gasteiger partial charge in [0.2, 0.25) is 0 Å². The maximum Gasteiger partial charge on any atom is 0.262 e. The van der Waals surface area contributed by atoms with Crippen LogP contribution in [0.5, 0.6) is 23.0 Å². The Bertz CT molecular complexity index is 1620. The second kappa shape index (κ2) is 13.4. The lowest BCUT2D eigenvalue weighted by atomic mass is 10.1. The fraction of sp³-hybridized carbons (Fsp3) is 0.194. The van der Waals surface area contributed by atoms with Crippen LogP contribution in [0.2, 0.25) is 0 Å². The largest absolute Gasteiger partial charge is 0.493 e. The van der Waals surface area contributed by atoms with Crippen LogP contribution in [-0.2, 0) is 9.59 Å². The van der Waals surface area contributed by atoms with Crippen LogP contribution in [0.3, 0.4) is 0 Å². The van der Waals surface area contributed by atoms with Crippen LogP contribution in [0.25, 0.3) is 10.9 Å². The van der Waals surface area contributed by atoms with Gasteiger partial charge in [-0.25, -0.2) is 8.78 Å². The lowest BCUT2D eigenvalue weighted by Crippen LogP contribution is -2.28. The number of nitrogens with zero attached hydrogens (tertiary/aromatic N) is 1. The molecule has 0 aliphatic carbocycles. The number of amides is 2. The van der Waals surface area contributed by atoms with Crippen LogP contribution in [0, 0.1) is 17.6 Å². The molecular formula is C31H30F2N4O5. The highest BCUT2D eigenvalue weighted by molar-refractivity contribution is 6.26. The van der Waals surface area contributed by atoms with E-state index in [1.165, 1.54) is 63.0 Å². The van der Waals surface area contributed by atoms with Crippen molar-refractivity contribution < 1.29 is 32.6 Å². The van der Waals surface area contributed by atoms with Gasteiger partial charge in [-0.05, 0) is 54.4 Å². The molecule has 3 N–H and O–H groups in total. The van der Waals surface area contributed by atoms with Crippen molar-refractivity contribution in [3.8, 4) is 23.0 Å². The third-order valence-corrected chi connectivity index (χ3v) is 5.98. The molecule has 0 saturated carbocycles. The normalized spacial score (nSPS) is 11.3. The zero-order valence-electron chi connectivity index (χ0n) is 23.5. The smallest absolute Gasteiger partial charge is 0.262 e. The van der Waals surface area contributed by atoms with Gasteiger partial charge < -0.3 is 30.2 Å². The Morgan fingerprint density at radius 3 is 2.12 bits per heavy atom. The molecule has 0 fully saturated rings. The fourth-order valence-electron chi connectivity index (χ4n) is 3.88. The minimum absolute atomic E-state index is 0.0974. The van der Waals surface area contributed by atoms with Gasteiger partial charge in [0.1, 0.15) is 17.1 Å². The Morgan fingerprint density at radius 2 is 1.48 bits per heavy atom. The molecule has 42 heavy (non-hydrogen) atoms. The zero-order valence-corrected chi connectivity index (χ0v) is 23.5. The number of carbonyl (C=O) groups excluding carboxylic acids is 2. The third-order valence-electron chi connectivity index (χ3n) is 5.98. The molecule has 0 aliphatic rings. The summed E-state index contributed by atoms with van der Waals surface area (Å²) >= 11 is 0. The second-order valence-corrected chi connectivity index (χ2v) is 9.56. The van der Waals surface area contributed by atoms with E-state index in [9.17, 15) is 14.0 Å². The van der Waals surface area contributed by atoms with Crippen molar-refractivity contribution in [1.29, 1.82) is 0 Å². The van der Waals surface area contributed by atoms with Crippen molar-refractivity contribution in [2.45, 2.75) is 13.8 Å². The van der Waals surface area contributed by atoms with Crippen molar-refractivity contribution in [3.63, 3.8) is 0 Å². The molecule has 0 saturated heterocycles. The predicted molar refractivity (Wildman–Crippen MR) is 156 cm³/mol. The first-order valence-electron chi connectivity index (χ1n) is 13.0. The minimum atomic E-state index is -0.778. The SMILES string of the molecule is COc1cc2nccc(Oc3ccc(NC(=O)/C(=C/NCC(C)C)C(=O)Nc4ccc(F)cc4)cc3F)c2cc1OC. The first-order chi connectivity index (χ1) is 20.2. The van der Waals surface area contributed by atoms with Gasteiger partial charge in [0, 0.05) is 47.8 Å². The molecule has 0 atom stereocenters. The molecule has 0 radical (unpaired) electrons. The van der Waals surface area contributed by atoms with E-state index in [-0.39, 0.29) is 22.9 Å². The molecule has 1 heterocycles. The van der Waals surface area contributed by atoms with Crippen molar-refractivity contribution in [2.24, 2.45) is 5.92 Å². The highest BCUT2D eigenvalue weighted by Crippen LogP contribution is 2.37. The van der Waals surface area contributed by atoms with Gasteiger partial charge >= 0.3 is 0 Å². The van der Waals surface area contributed by atoms with E-state index in [2.05, 4.69) is 20.9 Å². The fourth-order valence-corrected chi connectivity index (χ4v) is 3.88. The summed E-state index contributed by atoms with van der Waals surface area (Å²) in [4.78, 5) is 30.3. The van der Waals surface area contributed by atoms with Crippen molar-refractivity contribution >= 4 is 34.1 Å². The summed E-state index contributed by atoms with van der Waals surface area (Å²) in [7, 11) is 3.01. The van der Waals surface area contributed by atoms with Gasteiger partial charge in [-0.15, -0.1) is 0 Å². The lowest BCUT2D eigenvalue weighted by Gasteiger charge is -2.14. The average Bonchev–Trinajstić information content (AvgIpc) is 2.97. The average molecular weight is 577 g/mol. The maximum absolute atomic E-state index is 15.1. The monoisotopic (exact) mass is 576 g/mol.